The first-order chi connectivity index (χ1) is 9.21. The third-order valence-corrected chi connectivity index (χ3v) is 3.90. The zero-order valence-corrected chi connectivity index (χ0v) is 13.4. The van der Waals surface area contributed by atoms with Crippen molar-refractivity contribution in [2.45, 2.75) is 39.8 Å². The van der Waals surface area contributed by atoms with Gasteiger partial charge in [-0.3, -0.25) is 9.36 Å². The topological polar surface area (TPSA) is 64.6 Å². The number of hydrogen-bond acceptors (Lipinski definition) is 4. The summed E-state index contributed by atoms with van der Waals surface area (Å²) in [5.74, 6) is 0.0886. The summed E-state index contributed by atoms with van der Waals surface area (Å²) in [5, 5.41) is 2.70. The average Bonchev–Trinajstić information content (AvgIpc) is 2.30. The van der Waals surface area contributed by atoms with Crippen LogP contribution in [0, 0.1) is 6.92 Å². The molecule has 1 rings (SSSR count). The van der Waals surface area contributed by atoms with Gasteiger partial charge in [0, 0.05) is 6.66 Å². The Morgan fingerprint density at radius 1 is 1.25 bits per heavy atom. The maximum absolute atomic E-state index is 12.4. The standard InChI is InChI=1S/C14H22NO4P/c1-10(2)18-14(16)12(4)15-20(5,17)19-13-9-7-6-8-11(13)3/h6-10,12H,1-5H3,(H,15,17)/t12-,20?/m0/s1. The third kappa shape index (κ3) is 5.35. The van der Waals surface area contributed by atoms with Gasteiger partial charge in [0.1, 0.15) is 11.8 Å². The SMILES string of the molecule is Cc1ccccc1OP(C)(=O)N[C@@H](C)C(=O)OC(C)C. The van der Waals surface area contributed by atoms with E-state index in [1.807, 2.05) is 19.1 Å². The van der Waals surface area contributed by atoms with Crippen LogP contribution in [0.5, 0.6) is 5.75 Å². The van der Waals surface area contributed by atoms with E-state index in [1.165, 1.54) is 6.66 Å². The molecule has 0 aliphatic heterocycles. The minimum atomic E-state index is -3.15. The van der Waals surface area contributed by atoms with Gasteiger partial charge in [0.25, 0.3) is 0 Å². The fraction of sp³-hybridized carbons (Fsp3) is 0.500. The Balaban J connectivity index is 2.68. The number of ether oxygens (including phenoxy) is 1. The van der Waals surface area contributed by atoms with Gasteiger partial charge in [0.15, 0.2) is 0 Å². The normalized spacial score (nSPS) is 15.5. The van der Waals surface area contributed by atoms with Crippen LogP contribution in [0.4, 0.5) is 0 Å². The lowest BCUT2D eigenvalue weighted by Gasteiger charge is -2.21. The van der Waals surface area contributed by atoms with E-state index in [4.69, 9.17) is 9.26 Å². The molecule has 0 spiro atoms. The molecule has 20 heavy (non-hydrogen) atoms. The summed E-state index contributed by atoms with van der Waals surface area (Å²) in [5.41, 5.74) is 0.883. The molecule has 0 bridgehead atoms. The van der Waals surface area contributed by atoms with E-state index in [1.54, 1.807) is 32.9 Å². The van der Waals surface area contributed by atoms with Crippen LogP contribution in [0.3, 0.4) is 0 Å². The van der Waals surface area contributed by atoms with Crippen LogP contribution in [0.1, 0.15) is 26.3 Å². The van der Waals surface area contributed by atoms with Crippen molar-refractivity contribution < 1.29 is 18.6 Å². The van der Waals surface area contributed by atoms with Gasteiger partial charge in [0.2, 0.25) is 0 Å². The zero-order chi connectivity index (χ0) is 15.3. The third-order valence-electron chi connectivity index (χ3n) is 2.50. The molecular formula is C14H22NO4P. The van der Waals surface area contributed by atoms with E-state index < -0.39 is 19.5 Å². The lowest BCUT2D eigenvalue weighted by atomic mass is 10.2. The molecule has 0 aliphatic carbocycles. The number of esters is 1. The Bertz CT molecular complexity index is 516. The van der Waals surface area contributed by atoms with Crippen LogP contribution in [0.2, 0.25) is 0 Å². The Labute approximate surface area is 120 Å². The molecule has 1 unspecified atom stereocenters. The summed E-state index contributed by atoms with van der Waals surface area (Å²) in [7, 11) is -3.15. The predicted molar refractivity (Wildman–Crippen MR) is 79.2 cm³/mol. The minimum Gasteiger partial charge on any atom is -0.462 e. The quantitative estimate of drug-likeness (QED) is 0.646. The highest BCUT2D eigenvalue weighted by Crippen LogP contribution is 2.40. The maximum atomic E-state index is 12.4. The first-order valence-electron chi connectivity index (χ1n) is 6.52. The highest BCUT2D eigenvalue weighted by molar-refractivity contribution is 7.56. The Morgan fingerprint density at radius 2 is 1.85 bits per heavy atom. The van der Waals surface area contributed by atoms with E-state index in [0.717, 1.165) is 5.56 Å². The highest BCUT2D eigenvalue weighted by Gasteiger charge is 2.26. The molecule has 1 aromatic carbocycles. The van der Waals surface area contributed by atoms with E-state index in [0.29, 0.717) is 5.75 Å². The summed E-state index contributed by atoms with van der Waals surface area (Å²) >= 11 is 0. The van der Waals surface area contributed by atoms with Gasteiger partial charge in [-0.1, -0.05) is 18.2 Å². The number of carbonyl (C=O) groups excluding carboxylic acids is 1. The summed E-state index contributed by atoms with van der Waals surface area (Å²) in [6, 6.07) is 6.59. The smallest absolute Gasteiger partial charge is 0.323 e. The number of benzene rings is 1. The Kier molecular flexibility index (Phi) is 5.78. The van der Waals surface area contributed by atoms with Crippen molar-refractivity contribution in [2.75, 3.05) is 6.66 Å². The number of hydrogen-bond donors (Lipinski definition) is 1. The second kappa shape index (κ2) is 6.91. The minimum absolute atomic E-state index is 0.208. The van der Waals surface area contributed by atoms with Gasteiger partial charge in [-0.2, -0.15) is 0 Å². The number of nitrogens with one attached hydrogen (secondary N) is 1. The van der Waals surface area contributed by atoms with Crippen molar-refractivity contribution in [2.24, 2.45) is 0 Å². The maximum Gasteiger partial charge on any atom is 0.323 e. The van der Waals surface area contributed by atoms with Crippen molar-refractivity contribution in [3.63, 3.8) is 0 Å². The van der Waals surface area contributed by atoms with Crippen LogP contribution < -0.4 is 9.61 Å². The molecule has 0 saturated heterocycles. The fourth-order valence-electron chi connectivity index (χ4n) is 1.61. The zero-order valence-electron chi connectivity index (χ0n) is 12.5. The molecule has 1 N–H and O–H groups in total. The first-order valence-corrected chi connectivity index (χ1v) is 8.59. The molecule has 0 saturated carbocycles. The summed E-state index contributed by atoms with van der Waals surface area (Å²) in [4.78, 5) is 11.7. The lowest BCUT2D eigenvalue weighted by Crippen LogP contribution is -2.35. The number of aryl methyl sites for hydroxylation is 1. The van der Waals surface area contributed by atoms with E-state index in [2.05, 4.69) is 5.09 Å². The molecule has 1 aromatic rings. The molecule has 0 aliphatic rings. The molecular weight excluding hydrogens is 277 g/mol. The average molecular weight is 299 g/mol. The summed E-state index contributed by atoms with van der Waals surface area (Å²) in [6.07, 6.45) is -0.208. The highest BCUT2D eigenvalue weighted by atomic mass is 31.2. The second-order valence-electron chi connectivity index (χ2n) is 5.04. The number of rotatable bonds is 6. The van der Waals surface area contributed by atoms with Crippen LogP contribution >= 0.6 is 7.52 Å². The van der Waals surface area contributed by atoms with Crippen molar-refractivity contribution in [1.29, 1.82) is 0 Å². The van der Waals surface area contributed by atoms with Crippen molar-refractivity contribution in [1.82, 2.24) is 5.09 Å². The van der Waals surface area contributed by atoms with Crippen molar-refractivity contribution >= 4 is 13.5 Å². The molecule has 0 radical (unpaired) electrons. The Morgan fingerprint density at radius 3 is 2.40 bits per heavy atom. The molecule has 0 heterocycles. The predicted octanol–water partition coefficient (Wildman–Crippen LogP) is 3.13. The fourth-order valence-corrected chi connectivity index (χ4v) is 3.05. The van der Waals surface area contributed by atoms with Gasteiger partial charge in [-0.05, 0) is 39.3 Å². The molecule has 112 valence electrons. The lowest BCUT2D eigenvalue weighted by molar-refractivity contribution is -0.149. The monoisotopic (exact) mass is 299 g/mol. The summed E-state index contributed by atoms with van der Waals surface area (Å²) < 4.78 is 22.9. The molecule has 0 fully saturated rings. The van der Waals surface area contributed by atoms with Crippen LogP contribution in [0.25, 0.3) is 0 Å². The van der Waals surface area contributed by atoms with E-state index >= 15 is 0 Å². The molecule has 5 nitrogen and oxygen atoms in total. The molecule has 0 aromatic heterocycles. The van der Waals surface area contributed by atoms with E-state index in [9.17, 15) is 9.36 Å². The first kappa shape index (κ1) is 16.7. The molecule has 2 atom stereocenters. The van der Waals surface area contributed by atoms with Crippen molar-refractivity contribution in [3.05, 3.63) is 29.8 Å². The number of para-hydroxylation sites is 1. The Hall–Kier alpha value is -1.32. The van der Waals surface area contributed by atoms with Gasteiger partial charge in [-0.25, -0.2) is 5.09 Å². The van der Waals surface area contributed by atoms with Crippen LogP contribution in [-0.4, -0.2) is 24.8 Å². The van der Waals surface area contributed by atoms with Gasteiger partial charge in [0.05, 0.1) is 6.10 Å². The van der Waals surface area contributed by atoms with Gasteiger partial charge in [-0.15, -0.1) is 0 Å². The second-order valence-corrected chi connectivity index (χ2v) is 7.17. The van der Waals surface area contributed by atoms with Gasteiger partial charge >= 0.3 is 13.5 Å². The van der Waals surface area contributed by atoms with Crippen LogP contribution in [0.15, 0.2) is 24.3 Å². The van der Waals surface area contributed by atoms with E-state index in [-0.39, 0.29) is 6.10 Å². The number of carbonyl (C=O) groups is 1. The molecule has 0 amide bonds. The van der Waals surface area contributed by atoms with Gasteiger partial charge < -0.3 is 9.26 Å². The summed E-state index contributed by atoms with van der Waals surface area (Å²) in [6.45, 7) is 8.44. The van der Waals surface area contributed by atoms with Crippen molar-refractivity contribution in [3.8, 4) is 5.75 Å². The molecule has 6 heteroatoms. The largest absolute Gasteiger partial charge is 0.462 e. The van der Waals surface area contributed by atoms with Crippen LogP contribution in [-0.2, 0) is 14.1 Å².